The summed E-state index contributed by atoms with van der Waals surface area (Å²) in [6.07, 6.45) is 4.68. The van der Waals surface area contributed by atoms with Gasteiger partial charge in [-0.15, -0.1) is 0 Å². The molecule has 1 N–H and O–H groups in total. The Morgan fingerprint density at radius 2 is 2.18 bits per heavy atom. The summed E-state index contributed by atoms with van der Waals surface area (Å²) >= 11 is 3.33. The number of benzene rings is 1. The van der Waals surface area contributed by atoms with Crippen LogP contribution in [0, 0.1) is 0 Å². The van der Waals surface area contributed by atoms with Crippen LogP contribution in [0.3, 0.4) is 0 Å². The summed E-state index contributed by atoms with van der Waals surface area (Å²) in [7, 11) is 0. The zero-order valence-electron chi connectivity index (χ0n) is 11.6. The molecule has 6 nitrogen and oxygen atoms in total. The van der Waals surface area contributed by atoms with E-state index in [2.05, 4.69) is 21.0 Å². The van der Waals surface area contributed by atoms with Crippen molar-refractivity contribution in [2.24, 2.45) is 0 Å². The first kappa shape index (κ1) is 14.8. The highest BCUT2D eigenvalue weighted by Crippen LogP contribution is 2.21. The van der Waals surface area contributed by atoms with Crippen LogP contribution in [0.1, 0.15) is 23.2 Å². The van der Waals surface area contributed by atoms with E-state index >= 15 is 0 Å². The monoisotopic (exact) mass is 363 g/mol. The van der Waals surface area contributed by atoms with E-state index in [0.29, 0.717) is 24.9 Å². The Morgan fingerprint density at radius 3 is 2.86 bits per heavy atom. The summed E-state index contributed by atoms with van der Waals surface area (Å²) in [6.45, 7) is 0.480. The topological polar surface area (TPSA) is 75.4 Å². The number of aliphatic carboxylic acids is 1. The predicted molar refractivity (Wildman–Crippen MR) is 83.0 cm³/mol. The van der Waals surface area contributed by atoms with Crippen molar-refractivity contribution in [1.82, 2.24) is 14.7 Å². The Balaban J connectivity index is 1.89. The molecule has 1 aliphatic rings. The molecule has 0 saturated carbocycles. The Bertz CT molecular complexity index is 728. The van der Waals surface area contributed by atoms with E-state index < -0.39 is 12.0 Å². The minimum atomic E-state index is -0.946. The van der Waals surface area contributed by atoms with Crippen molar-refractivity contribution in [3.05, 3.63) is 46.7 Å². The van der Waals surface area contributed by atoms with Crippen LogP contribution in [0.5, 0.6) is 0 Å². The molecule has 2 heterocycles. The molecule has 3 rings (SSSR count). The summed E-state index contributed by atoms with van der Waals surface area (Å²) in [4.78, 5) is 25.2. The second-order valence-electron chi connectivity index (χ2n) is 5.15. The third kappa shape index (κ3) is 2.76. The van der Waals surface area contributed by atoms with Crippen LogP contribution in [0.25, 0.3) is 5.69 Å². The van der Waals surface area contributed by atoms with Gasteiger partial charge in [-0.05, 0) is 47.0 Å². The second-order valence-corrected chi connectivity index (χ2v) is 6.06. The largest absolute Gasteiger partial charge is 0.480 e. The Kier molecular flexibility index (Phi) is 3.98. The maximum absolute atomic E-state index is 12.6. The van der Waals surface area contributed by atoms with Gasteiger partial charge in [-0.1, -0.05) is 6.07 Å². The van der Waals surface area contributed by atoms with Gasteiger partial charge in [0.1, 0.15) is 6.04 Å². The van der Waals surface area contributed by atoms with Crippen LogP contribution in [-0.4, -0.2) is 44.3 Å². The maximum Gasteiger partial charge on any atom is 0.326 e. The highest BCUT2D eigenvalue weighted by molar-refractivity contribution is 9.10. The van der Waals surface area contributed by atoms with E-state index in [1.165, 1.54) is 4.90 Å². The second kappa shape index (κ2) is 5.92. The number of carbonyl (C=O) groups excluding carboxylic acids is 1. The molecule has 1 amide bonds. The number of rotatable bonds is 3. The lowest BCUT2D eigenvalue weighted by atomic mass is 10.1. The Hall–Kier alpha value is -2.15. The van der Waals surface area contributed by atoms with Crippen molar-refractivity contribution in [2.45, 2.75) is 18.9 Å². The molecule has 0 bridgehead atoms. The standard InChI is InChI=1S/C15H14BrN3O3/c16-11-8-17-19(9-11)12-4-1-3-10(7-12)14(20)18-6-2-5-13(18)15(21)22/h1,3-4,7-9,13H,2,5-6H2,(H,21,22)/t13-/m0/s1. The van der Waals surface area contributed by atoms with Crippen molar-refractivity contribution in [3.63, 3.8) is 0 Å². The van der Waals surface area contributed by atoms with Gasteiger partial charge in [-0.25, -0.2) is 9.48 Å². The Morgan fingerprint density at radius 1 is 1.36 bits per heavy atom. The number of halogens is 1. The third-order valence-corrected chi connectivity index (χ3v) is 4.12. The first-order chi connectivity index (χ1) is 10.6. The number of amides is 1. The molecule has 1 aromatic heterocycles. The first-order valence-electron chi connectivity index (χ1n) is 6.90. The smallest absolute Gasteiger partial charge is 0.326 e. The molecule has 0 radical (unpaired) electrons. The number of aromatic nitrogens is 2. The SMILES string of the molecule is O=C(O)[C@@H]1CCCN1C(=O)c1cccc(-n2cc(Br)cn2)c1. The minimum Gasteiger partial charge on any atom is -0.480 e. The molecule has 1 atom stereocenters. The molecular formula is C15H14BrN3O3. The summed E-state index contributed by atoms with van der Waals surface area (Å²) in [6, 6.07) is 6.30. The number of nitrogens with zero attached hydrogens (tertiary/aromatic N) is 3. The summed E-state index contributed by atoms with van der Waals surface area (Å²) < 4.78 is 2.49. The third-order valence-electron chi connectivity index (χ3n) is 3.71. The summed E-state index contributed by atoms with van der Waals surface area (Å²) in [5.74, 6) is -1.20. The van der Waals surface area contributed by atoms with E-state index in [0.717, 1.165) is 10.2 Å². The van der Waals surface area contributed by atoms with E-state index in [-0.39, 0.29) is 5.91 Å². The lowest BCUT2D eigenvalue weighted by Gasteiger charge is -2.21. The van der Waals surface area contributed by atoms with E-state index in [1.54, 1.807) is 35.3 Å². The van der Waals surface area contributed by atoms with Crippen molar-refractivity contribution in [3.8, 4) is 5.69 Å². The van der Waals surface area contributed by atoms with Crippen LogP contribution < -0.4 is 0 Å². The van der Waals surface area contributed by atoms with Crippen LogP contribution in [0.2, 0.25) is 0 Å². The van der Waals surface area contributed by atoms with E-state index in [1.807, 2.05) is 6.07 Å². The van der Waals surface area contributed by atoms with Crippen LogP contribution in [-0.2, 0) is 4.79 Å². The zero-order valence-corrected chi connectivity index (χ0v) is 13.2. The van der Waals surface area contributed by atoms with Crippen LogP contribution >= 0.6 is 15.9 Å². The van der Waals surface area contributed by atoms with Gasteiger partial charge in [0.15, 0.2) is 0 Å². The molecule has 1 fully saturated rings. The highest BCUT2D eigenvalue weighted by atomic mass is 79.9. The molecule has 0 aliphatic carbocycles. The number of hydrogen-bond donors (Lipinski definition) is 1. The van der Waals surface area contributed by atoms with Crippen molar-refractivity contribution in [2.75, 3.05) is 6.54 Å². The lowest BCUT2D eigenvalue weighted by molar-refractivity contribution is -0.141. The van der Waals surface area contributed by atoms with Crippen LogP contribution in [0.15, 0.2) is 41.1 Å². The van der Waals surface area contributed by atoms with Gasteiger partial charge in [0.05, 0.1) is 16.4 Å². The molecule has 7 heteroatoms. The molecule has 114 valence electrons. The average Bonchev–Trinajstić information content (AvgIpc) is 3.15. The van der Waals surface area contributed by atoms with Gasteiger partial charge in [-0.2, -0.15) is 5.10 Å². The first-order valence-corrected chi connectivity index (χ1v) is 7.70. The molecule has 22 heavy (non-hydrogen) atoms. The fourth-order valence-corrected chi connectivity index (χ4v) is 2.94. The molecular weight excluding hydrogens is 350 g/mol. The lowest BCUT2D eigenvalue weighted by Crippen LogP contribution is -2.40. The quantitative estimate of drug-likeness (QED) is 0.907. The minimum absolute atomic E-state index is 0.252. The summed E-state index contributed by atoms with van der Waals surface area (Å²) in [5, 5.41) is 13.4. The number of carboxylic acids is 1. The van der Waals surface area contributed by atoms with Gasteiger partial charge in [-0.3, -0.25) is 4.79 Å². The number of hydrogen-bond acceptors (Lipinski definition) is 3. The predicted octanol–water partition coefficient (Wildman–Crippen LogP) is 2.32. The number of carboxylic acid groups (broad SMARTS) is 1. The number of likely N-dealkylation sites (tertiary alicyclic amines) is 1. The van der Waals surface area contributed by atoms with Crippen molar-refractivity contribution < 1.29 is 14.7 Å². The molecule has 1 saturated heterocycles. The maximum atomic E-state index is 12.6. The molecule has 1 aromatic carbocycles. The van der Waals surface area contributed by atoms with Crippen LogP contribution in [0.4, 0.5) is 0 Å². The molecule has 1 aliphatic heterocycles. The summed E-state index contributed by atoms with van der Waals surface area (Å²) in [5.41, 5.74) is 1.22. The fraction of sp³-hybridized carbons (Fsp3) is 0.267. The van der Waals surface area contributed by atoms with Gasteiger partial charge >= 0.3 is 5.97 Å². The van der Waals surface area contributed by atoms with Gasteiger partial charge in [0, 0.05) is 18.3 Å². The molecule has 0 spiro atoms. The molecule has 2 aromatic rings. The average molecular weight is 364 g/mol. The van der Waals surface area contributed by atoms with Gasteiger partial charge < -0.3 is 10.0 Å². The van der Waals surface area contributed by atoms with Crippen molar-refractivity contribution >= 4 is 27.8 Å². The van der Waals surface area contributed by atoms with Gasteiger partial charge in [0.2, 0.25) is 0 Å². The number of carbonyl (C=O) groups is 2. The zero-order chi connectivity index (χ0) is 15.7. The highest BCUT2D eigenvalue weighted by Gasteiger charge is 2.34. The van der Waals surface area contributed by atoms with Crippen molar-refractivity contribution in [1.29, 1.82) is 0 Å². The molecule has 0 unspecified atom stereocenters. The normalized spacial score (nSPS) is 17.7. The van der Waals surface area contributed by atoms with E-state index in [4.69, 9.17) is 0 Å². The fourth-order valence-electron chi connectivity index (χ4n) is 2.66. The Labute approximate surface area is 135 Å². The van der Waals surface area contributed by atoms with E-state index in [9.17, 15) is 14.7 Å². The van der Waals surface area contributed by atoms with Gasteiger partial charge in [0.25, 0.3) is 5.91 Å².